The fourth-order valence-corrected chi connectivity index (χ4v) is 2.29. The normalized spacial score (nSPS) is 12.2. The molecular formula is C16H17F2N3O3. The van der Waals surface area contributed by atoms with Crippen LogP contribution in [-0.2, 0) is 4.79 Å². The van der Waals surface area contributed by atoms with Gasteiger partial charge in [-0.25, -0.2) is 18.3 Å². The third-order valence-electron chi connectivity index (χ3n) is 3.40. The Labute approximate surface area is 137 Å². The number of aliphatic carboxylic acids is 1. The number of nitrogens with zero attached hydrogens (tertiary/aromatic N) is 2. The topological polar surface area (TPSA) is 84.2 Å². The molecule has 2 N–H and O–H groups in total. The van der Waals surface area contributed by atoms with Crippen LogP contribution >= 0.6 is 0 Å². The van der Waals surface area contributed by atoms with Crippen LogP contribution in [-0.4, -0.2) is 39.2 Å². The van der Waals surface area contributed by atoms with Gasteiger partial charge in [-0.15, -0.1) is 0 Å². The maximum Gasteiger partial charge on any atom is 0.326 e. The summed E-state index contributed by atoms with van der Waals surface area (Å²) in [6.45, 7) is 3.75. The predicted octanol–water partition coefficient (Wildman–Crippen LogP) is 2.33. The van der Waals surface area contributed by atoms with E-state index in [1.807, 2.05) is 19.9 Å². The first-order valence-electron chi connectivity index (χ1n) is 7.23. The lowest BCUT2D eigenvalue weighted by atomic mass is 10.1. The minimum absolute atomic E-state index is 0.181. The van der Waals surface area contributed by atoms with E-state index in [4.69, 9.17) is 5.11 Å². The van der Waals surface area contributed by atoms with Gasteiger partial charge in [-0.05, 0) is 44.2 Å². The first-order chi connectivity index (χ1) is 11.3. The summed E-state index contributed by atoms with van der Waals surface area (Å²) in [6.07, 6.45) is -3.76. The number of halogens is 2. The van der Waals surface area contributed by atoms with Gasteiger partial charge in [-0.2, -0.15) is 5.10 Å². The Morgan fingerprint density at radius 2 is 1.88 bits per heavy atom. The summed E-state index contributed by atoms with van der Waals surface area (Å²) in [4.78, 5) is 22.9. The molecule has 1 aromatic carbocycles. The van der Waals surface area contributed by atoms with Crippen LogP contribution in [0.5, 0.6) is 0 Å². The van der Waals surface area contributed by atoms with Crippen molar-refractivity contribution in [1.82, 2.24) is 15.1 Å². The number of nitrogens with one attached hydrogen (secondary N) is 1. The van der Waals surface area contributed by atoms with Crippen LogP contribution in [0.25, 0.3) is 5.69 Å². The summed E-state index contributed by atoms with van der Waals surface area (Å²) in [6, 6.07) is 6.55. The number of aromatic nitrogens is 2. The van der Waals surface area contributed by atoms with Crippen LogP contribution in [0.1, 0.15) is 28.2 Å². The number of amides is 1. The second kappa shape index (κ2) is 7.20. The molecule has 24 heavy (non-hydrogen) atoms. The lowest BCUT2D eigenvalue weighted by Gasteiger charge is -2.14. The van der Waals surface area contributed by atoms with Gasteiger partial charge in [0.05, 0.1) is 11.4 Å². The van der Waals surface area contributed by atoms with Crippen LogP contribution in [0.4, 0.5) is 8.78 Å². The molecule has 1 atom stereocenters. The summed E-state index contributed by atoms with van der Waals surface area (Å²) >= 11 is 0. The van der Waals surface area contributed by atoms with Crippen molar-refractivity contribution >= 4 is 11.9 Å². The molecule has 6 nitrogen and oxygen atoms in total. The molecular weight excluding hydrogens is 320 g/mol. The fourth-order valence-electron chi connectivity index (χ4n) is 2.29. The van der Waals surface area contributed by atoms with E-state index in [1.165, 1.54) is 12.1 Å². The zero-order chi connectivity index (χ0) is 17.9. The minimum Gasteiger partial charge on any atom is -0.480 e. The highest BCUT2D eigenvalue weighted by atomic mass is 19.3. The summed E-state index contributed by atoms with van der Waals surface area (Å²) < 4.78 is 26.4. The maximum atomic E-state index is 12.4. The van der Waals surface area contributed by atoms with Gasteiger partial charge in [-0.3, -0.25) is 4.79 Å². The van der Waals surface area contributed by atoms with E-state index in [0.717, 1.165) is 17.1 Å². The molecule has 0 aliphatic heterocycles. The SMILES string of the molecule is Cc1cc(C)n(-c2ccc(C(=O)NC(CC(F)F)C(=O)O)cc2)n1. The molecule has 1 heterocycles. The largest absolute Gasteiger partial charge is 0.480 e. The Hall–Kier alpha value is -2.77. The Bertz CT molecular complexity index is 742. The van der Waals surface area contributed by atoms with Crippen LogP contribution in [0.2, 0.25) is 0 Å². The highest BCUT2D eigenvalue weighted by Gasteiger charge is 2.24. The lowest BCUT2D eigenvalue weighted by Crippen LogP contribution is -2.42. The van der Waals surface area contributed by atoms with Crippen molar-refractivity contribution in [2.45, 2.75) is 32.7 Å². The second-order valence-electron chi connectivity index (χ2n) is 5.38. The van der Waals surface area contributed by atoms with Crippen molar-refractivity contribution in [3.8, 4) is 5.69 Å². The fraction of sp³-hybridized carbons (Fsp3) is 0.312. The summed E-state index contributed by atoms with van der Waals surface area (Å²) in [5.41, 5.74) is 2.69. The monoisotopic (exact) mass is 337 g/mol. The molecule has 2 aromatic rings. The Morgan fingerprint density at radius 3 is 2.33 bits per heavy atom. The Kier molecular flexibility index (Phi) is 5.28. The molecule has 0 bridgehead atoms. The zero-order valence-electron chi connectivity index (χ0n) is 13.2. The molecule has 2 rings (SSSR count). The van der Waals surface area contributed by atoms with Crippen molar-refractivity contribution in [2.75, 3.05) is 0 Å². The van der Waals surface area contributed by atoms with Crippen LogP contribution in [0, 0.1) is 13.8 Å². The number of rotatable bonds is 6. The van der Waals surface area contributed by atoms with Gasteiger partial charge in [0, 0.05) is 17.7 Å². The van der Waals surface area contributed by atoms with Gasteiger partial charge in [0.2, 0.25) is 6.43 Å². The molecule has 0 aliphatic carbocycles. The van der Waals surface area contributed by atoms with Crippen LogP contribution < -0.4 is 5.32 Å². The van der Waals surface area contributed by atoms with E-state index in [0.29, 0.717) is 0 Å². The molecule has 0 radical (unpaired) electrons. The van der Waals surface area contributed by atoms with Gasteiger partial charge >= 0.3 is 5.97 Å². The number of alkyl halides is 2. The van der Waals surface area contributed by atoms with Gasteiger partial charge < -0.3 is 10.4 Å². The lowest BCUT2D eigenvalue weighted by molar-refractivity contribution is -0.140. The highest BCUT2D eigenvalue weighted by molar-refractivity contribution is 5.96. The quantitative estimate of drug-likeness (QED) is 0.847. The van der Waals surface area contributed by atoms with Gasteiger partial charge in [0.1, 0.15) is 6.04 Å². The van der Waals surface area contributed by atoms with Gasteiger partial charge in [0.25, 0.3) is 5.91 Å². The smallest absolute Gasteiger partial charge is 0.326 e. The molecule has 1 unspecified atom stereocenters. The Morgan fingerprint density at radius 1 is 1.25 bits per heavy atom. The van der Waals surface area contributed by atoms with E-state index < -0.39 is 30.8 Å². The van der Waals surface area contributed by atoms with Crippen molar-refractivity contribution in [2.24, 2.45) is 0 Å². The average Bonchev–Trinajstić information content (AvgIpc) is 2.84. The maximum absolute atomic E-state index is 12.4. The number of hydrogen-bond acceptors (Lipinski definition) is 3. The number of carbonyl (C=O) groups is 2. The van der Waals surface area contributed by atoms with E-state index >= 15 is 0 Å². The molecule has 0 fully saturated rings. The highest BCUT2D eigenvalue weighted by Crippen LogP contribution is 2.13. The third-order valence-corrected chi connectivity index (χ3v) is 3.40. The molecule has 128 valence electrons. The van der Waals surface area contributed by atoms with Crippen molar-refractivity contribution in [3.63, 3.8) is 0 Å². The molecule has 0 saturated carbocycles. The molecule has 0 aliphatic rings. The molecule has 1 aromatic heterocycles. The third kappa shape index (κ3) is 4.15. The van der Waals surface area contributed by atoms with E-state index in [2.05, 4.69) is 10.4 Å². The average molecular weight is 337 g/mol. The summed E-state index contributed by atoms with van der Waals surface area (Å²) in [5, 5.41) is 15.3. The van der Waals surface area contributed by atoms with Crippen molar-refractivity contribution in [1.29, 1.82) is 0 Å². The first-order valence-corrected chi connectivity index (χ1v) is 7.23. The van der Waals surface area contributed by atoms with Crippen LogP contribution in [0.15, 0.2) is 30.3 Å². The number of carbonyl (C=O) groups excluding carboxylic acids is 1. The minimum atomic E-state index is -2.82. The standard InChI is InChI=1S/C16H17F2N3O3/c1-9-7-10(2)21(20-9)12-5-3-11(4-6-12)15(22)19-13(16(23)24)8-14(17)18/h3-7,13-14H,8H2,1-2H3,(H,19,22)(H,23,24). The first kappa shape index (κ1) is 17.6. The van der Waals surface area contributed by atoms with E-state index in [-0.39, 0.29) is 5.56 Å². The Balaban J connectivity index is 2.13. The number of benzene rings is 1. The zero-order valence-corrected chi connectivity index (χ0v) is 13.2. The van der Waals surface area contributed by atoms with Gasteiger partial charge in [-0.1, -0.05) is 0 Å². The van der Waals surface area contributed by atoms with Crippen LogP contribution in [0.3, 0.4) is 0 Å². The molecule has 0 saturated heterocycles. The summed E-state index contributed by atoms with van der Waals surface area (Å²) in [5.74, 6) is -2.22. The van der Waals surface area contributed by atoms with Crippen molar-refractivity contribution in [3.05, 3.63) is 47.3 Å². The number of carboxylic acid groups (broad SMARTS) is 1. The van der Waals surface area contributed by atoms with E-state index in [9.17, 15) is 18.4 Å². The molecule has 0 spiro atoms. The van der Waals surface area contributed by atoms with Crippen molar-refractivity contribution < 1.29 is 23.5 Å². The molecule has 1 amide bonds. The van der Waals surface area contributed by atoms with Gasteiger partial charge in [0.15, 0.2) is 0 Å². The predicted molar refractivity (Wildman–Crippen MR) is 82.5 cm³/mol. The molecule has 8 heteroatoms. The number of hydrogen-bond donors (Lipinski definition) is 2. The number of carboxylic acids is 1. The summed E-state index contributed by atoms with van der Waals surface area (Å²) in [7, 11) is 0. The van der Waals surface area contributed by atoms with E-state index in [1.54, 1.807) is 16.8 Å². The number of aryl methyl sites for hydroxylation is 2. The second-order valence-corrected chi connectivity index (χ2v) is 5.38.